The topological polar surface area (TPSA) is 134 Å². The fourth-order valence-corrected chi connectivity index (χ4v) is 5.58. The van der Waals surface area contributed by atoms with Gasteiger partial charge >= 0.3 is 11.9 Å². The number of rotatable bonds is 13. The lowest BCUT2D eigenvalue weighted by molar-refractivity contribution is -0.163. The van der Waals surface area contributed by atoms with Crippen LogP contribution in [0.5, 0.6) is 5.75 Å². The van der Waals surface area contributed by atoms with Crippen LogP contribution in [0.2, 0.25) is 0 Å². The average molecular weight is 531 g/mol. The smallest absolute Gasteiger partial charge is 0.347 e. The summed E-state index contributed by atoms with van der Waals surface area (Å²) in [4.78, 5) is 24.1. The molecule has 8 heteroatoms. The Morgan fingerprint density at radius 2 is 1.82 bits per heavy atom. The predicted molar refractivity (Wildman–Crippen MR) is 143 cm³/mol. The largest absolute Gasteiger partial charge is 0.481 e. The van der Waals surface area contributed by atoms with Gasteiger partial charge in [-0.3, -0.25) is 4.79 Å². The summed E-state index contributed by atoms with van der Waals surface area (Å²) in [6, 6.07) is 7.64. The Morgan fingerprint density at radius 1 is 1.11 bits per heavy atom. The Kier molecular flexibility index (Phi) is 10.9. The third-order valence-electron chi connectivity index (χ3n) is 7.67. The van der Waals surface area contributed by atoms with Crippen molar-refractivity contribution in [1.82, 2.24) is 0 Å². The van der Waals surface area contributed by atoms with Gasteiger partial charge in [0.05, 0.1) is 24.7 Å². The molecule has 1 aromatic rings. The number of carboxylic acids is 1. The zero-order valence-electron chi connectivity index (χ0n) is 22.5. The van der Waals surface area contributed by atoms with Crippen LogP contribution >= 0.6 is 0 Å². The molecule has 8 nitrogen and oxygen atoms in total. The number of carbonyl (C=O) groups excluding carboxylic acids is 1. The number of ether oxygens (including phenoxy) is 2. The minimum atomic E-state index is -1.11. The van der Waals surface area contributed by atoms with E-state index in [9.17, 15) is 24.9 Å². The van der Waals surface area contributed by atoms with E-state index in [1.165, 1.54) is 5.56 Å². The van der Waals surface area contributed by atoms with Crippen LogP contribution in [0.3, 0.4) is 0 Å². The molecule has 0 aromatic heterocycles. The lowest BCUT2D eigenvalue weighted by Crippen LogP contribution is -2.44. The number of aliphatic hydroxyl groups excluding tert-OH is 3. The van der Waals surface area contributed by atoms with Crippen molar-refractivity contribution in [2.75, 3.05) is 0 Å². The first-order valence-corrected chi connectivity index (χ1v) is 13.7. The molecule has 0 fully saturated rings. The quantitative estimate of drug-likeness (QED) is 0.283. The number of fused-ring (bicyclic) bond motifs is 1. The zero-order valence-corrected chi connectivity index (χ0v) is 22.5. The van der Waals surface area contributed by atoms with Crippen LogP contribution in [0.15, 0.2) is 48.1 Å². The van der Waals surface area contributed by atoms with E-state index in [4.69, 9.17) is 14.6 Å². The summed E-state index contributed by atoms with van der Waals surface area (Å²) in [7, 11) is 0. The lowest BCUT2D eigenvalue weighted by Gasteiger charge is -2.43. The summed E-state index contributed by atoms with van der Waals surface area (Å²) < 4.78 is 12.0. The molecule has 2 aliphatic carbocycles. The van der Waals surface area contributed by atoms with E-state index in [1.807, 2.05) is 37.3 Å². The van der Waals surface area contributed by atoms with Gasteiger partial charge in [0.2, 0.25) is 0 Å². The molecule has 0 spiro atoms. The van der Waals surface area contributed by atoms with Crippen molar-refractivity contribution in [3.05, 3.63) is 53.6 Å². The van der Waals surface area contributed by atoms with Gasteiger partial charge in [0, 0.05) is 12.3 Å². The number of esters is 1. The van der Waals surface area contributed by atoms with Crippen LogP contribution in [-0.4, -0.2) is 62.9 Å². The maximum atomic E-state index is 13.2. The number of allylic oxidation sites excluding steroid dienone is 2. The lowest BCUT2D eigenvalue weighted by atomic mass is 9.66. The van der Waals surface area contributed by atoms with E-state index in [2.05, 4.69) is 19.9 Å². The number of aliphatic hydroxyl groups is 3. The van der Waals surface area contributed by atoms with Crippen LogP contribution in [0.25, 0.3) is 0 Å². The average Bonchev–Trinajstić information content (AvgIpc) is 2.86. The molecule has 8 atom stereocenters. The van der Waals surface area contributed by atoms with Crippen LogP contribution in [-0.2, 0) is 20.7 Å². The van der Waals surface area contributed by atoms with Crippen LogP contribution in [0.4, 0.5) is 0 Å². The molecule has 0 saturated heterocycles. The van der Waals surface area contributed by atoms with E-state index in [0.29, 0.717) is 25.0 Å². The SMILES string of the molecule is CCc1ccc(OC(CC)C(=O)O[C@H]2C[C@H](O)C=C3C=C[C@H](C)[C@H](CC[C@@H](O)C[C@@H](O)CC(=O)O)[C@H]32)cc1. The number of aryl methyl sites for hydroxylation is 1. The number of benzene rings is 1. The Balaban J connectivity index is 1.69. The highest BCUT2D eigenvalue weighted by Gasteiger charge is 2.42. The minimum Gasteiger partial charge on any atom is -0.481 e. The Bertz CT molecular complexity index is 984. The standard InChI is InChI=1S/C30H42O8/c1-4-19-7-11-24(12-8-19)37-26(5-2)30(36)38-27-16-22(32)14-20-9-6-18(3)25(29(20)27)13-10-21(31)15-23(33)17-28(34)35/h6-9,11-12,14,18,21-23,25-27,29,31-33H,4-5,10,13,15-17H2,1-3H3,(H,34,35)/t18-,21+,22+,23+,25-,26?,27-,29-/m0/s1. The molecule has 0 saturated carbocycles. The molecule has 2 aliphatic rings. The molecule has 0 radical (unpaired) electrons. The van der Waals surface area contributed by atoms with Gasteiger partial charge in [-0.15, -0.1) is 0 Å². The van der Waals surface area contributed by atoms with E-state index >= 15 is 0 Å². The van der Waals surface area contributed by atoms with Crippen molar-refractivity contribution in [2.24, 2.45) is 17.8 Å². The predicted octanol–water partition coefficient (Wildman–Crippen LogP) is 3.81. The monoisotopic (exact) mass is 530 g/mol. The van der Waals surface area contributed by atoms with Crippen LogP contribution in [0.1, 0.15) is 64.9 Å². The maximum absolute atomic E-state index is 13.2. The van der Waals surface area contributed by atoms with Crippen molar-refractivity contribution >= 4 is 11.9 Å². The Morgan fingerprint density at radius 3 is 2.45 bits per heavy atom. The first-order chi connectivity index (χ1) is 18.1. The summed E-state index contributed by atoms with van der Waals surface area (Å²) >= 11 is 0. The molecular weight excluding hydrogens is 488 g/mol. The van der Waals surface area contributed by atoms with Crippen molar-refractivity contribution in [3.8, 4) is 5.75 Å². The molecule has 38 heavy (non-hydrogen) atoms. The third kappa shape index (κ3) is 8.16. The van der Waals surface area contributed by atoms with Gasteiger partial charge in [0.25, 0.3) is 0 Å². The molecule has 0 aliphatic heterocycles. The number of carbonyl (C=O) groups is 2. The maximum Gasteiger partial charge on any atom is 0.347 e. The molecule has 3 rings (SSSR count). The second-order valence-corrected chi connectivity index (χ2v) is 10.6. The highest BCUT2D eigenvalue weighted by Crippen LogP contribution is 2.44. The summed E-state index contributed by atoms with van der Waals surface area (Å²) in [5, 5.41) is 39.7. The zero-order chi connectivity index (χ0) is 27.8. The molecule has 1 aromatic carbocycles. The molecule has 4 N–H and O–H groups in total. The second-order valence-electron chi connectivity index (χ2n) is 10.6. The van der Waals surface area contributed by atoms with Crippen molar-refractivity contribution in [1.29, 1.82) is 0 Å². The summed E-state index contributed by atoms with van der Waals surface area (Å²) in [5.74, 6) is -0.960. The Hall–Kier alpha value is -2.68. The number of hydrogen-bond donors (Lipinski definition) is 4. The van der Waals surface area contributed by atoms with Crippen molar-refractivity contribution < 1.29 is 39.5 Å². The second kappa shape index (κ2) is 13.9. The highest BCUT2D eigenvalue weighted by molar-refractivity contribution is 5.75. The fraction of sp³-hybridized carbons (Fsp3) is 0.600. The van der Waals surface area contributed by atoms with Gasteiger partial charge in [-0.1, -0.05) is 51.1 Å². The van der Waals surface area contributed by atoms with Crippen LogP contribution < -0.4 is 4.74 Å². The van der Waals surface area contributed by atoms with E-state index in [1.54, 1.807) is 6.08 Å². The normalized spacial score (nSPS) is 27.0. The number of hydrogen-bond acceptors (Lipinski definition) is 7. The highest BCUT2D eigenvalue weighted by atomic mass is 16.6. The fourth-order valence-electron chi connectivity index (χ4n) is 5.58. The molecule has 0 amide bonds. The van der Waals surface area contributed by atoms with Crippen molar-refractivity contribution in [3.63, 3.8) is 0 Å². The van der Waals surface area contributed by atoms with Crippen LogP contribution in [0, 0.1) is 17.8 Å². The van der Waals surface area contributed by atoms with E-state index in [-0.39, 0.29) is 30.6 Å². The third-order valence-corrected chi connectivity index (χ3v) is 7.67. The Labute approximate surface area is 225 Å². The van der Waals surface area contributed by atoms with Gasteiger partial charge in [-0.2, -0.15) is 0 Å². The summed E-state index contributed by atoms with van der Waals surface area (Å²) in [5.41, 5.74) is 2.09. The summed E-state index contributed by atoms with van der Waals surface area (Å²) in [6.45, 7) is 6.01. The molecule has 0 bridgehead atoms. The number of aliphatic carboxylic acids is 1. The first-order valence-electron chi connectivity index (χ1n) is 13.7. The van der Waals surface area contributed by atoms with Gasteiger partial charge in [0.15, 0.2) is 6.10 Å². The first kappa shape index (κ1) is 29.9. The van der Waals surface area contributed by atoms with Gasteiger partial charge in [0.1, 0.15) is 11.9 Å². The van der Waals surface area contributed by atoms with Crippen molar-refractivity contribution in [2.45, 2.75) is 96.2 Å². The van der Waals surface area contributed by atoms with Gasteiger partial charge in [-0.05, 0) is 67.2 Å². The van der Waals surface area contributed by atoms with E-state index in [0.717, 1.165) is 12.0 Å². The van der Waals surface area contributed by atoms with Gasteiger partial charge < -0.3 is 29.9 Å². The molecular formula is C30H42O8. The van der Waals surface area contributed by atoms with Gasteiger partial charge in [-0.25, -0.2) is 4.79 Å². The summed E-state index contributed by atoms with van der Waals surface area (Å²) in [6.07, 6.45) is 4.00. The molecule has 1 unspecified atom stereocenters. The van der Waals surface area contributed by atoms with E-state index < -0.39 is 48.9 Å². The molecule has 210 valence electrons. The minimum absolute atomic E-state index is 0.0114. The number of carboxylic acid groups (broad SMARTS) is 1. The molecule has 0 heterocycles.